The monoisotopic (exact) mass is 597 g/mol. The number of carbonyl (C=O) groups is 4. The number of nitrogens with two attached hydrogens (primary N) is 1. The number of hydrogen-bond acceptors (Lipinski definition) is 11. The van der Waals surface area contributed by atoms with E-state index in [0.29, 0.717) is 24.1 Å². The molecule has 2 fully saturated rings. The lowest BCUT2D eigenvalue weighted by atomic mass is 9.54. The molecule has 5 rings (SSSR count). The Hall–Kier alpha value is -3.90. The summed E-state index contributed by atoms with van der Waals surface area (Å²) in [4.78, 5) is 57.4. The van der Waals surface area contributed by atoms with Gasteiger partial charge in [0.25, 0.3) is 5.91 Å². The van der Waals surface area contributed by atoms with Crippen molar-refractivity contribution >= 4 is 34.9 Å². The summed E-state index contributed by atoms with van der Waals surface area (Å²) in [5.74, 6) is -10.0. The van der Waals surface area contributed by atoms with Gasteiger partial charge in [0.2, 0.25) is 5.78 Å². The van der Waals surface area contributed by atoms with E-state index < -0.39 is 82.0 Å². The van der Waals surface area contributed by atoms with Crippen molar-refractivity contribution in [1.82, 2.24) is 4.90 Å². The Balaban J connectivity index is 1.83. The lowest BCUT2D eigenvalue weighted by Gasteiger charge is -2.54. The van der Waals surface area contributed by atoms with Gasteiger partial charge in [-0.2, -0.15) is 0 Å². The zero-order valence-electron chi connectivity index (χ0n) is 25.0. The van der Waals surface area contributed by atoms with Crippen molar-refractivity contribution in [2.75, 3.05) is 33.1 Å². The largest absolute Gasteiger partial charge is 0.508 e. The Morgan fingerprint density at radius 1 is 1.02 bits per heavy atom. The number of rotatable bonds is 5. The lowest BCUT2D eigenvalue weighted by molar-refractivity contribution is -0.188. The molecule has 1 aromatic carbocycles. The first-order chi connectivity index (χ1) is 20.2. The van der Waals surface area contributed by atoms with Crippen LogP contribution in [0.1, 0.15) is 56.1 Å². The fraction of sp³-hybridized carbons (Fsp3) is 0.548. The molecule has 4 aliphatic carbocycles. The van der Waals surface area contributed by atoms with Crippen molar-refractivity contribution in [3.05, 3.63) is 40.2 Å². The number of aliphatic hydroxyl groups excluding tert-OH is 2. The van der Waals surface area contributed by atoms with E-state index in [1.165, 1.54) is 25.1 Å². The highest BCUT2D eigenvalue weighted by atomic mass is 16.5. The van der Waals surface area contributed by atoms with Crippen LogP contribution >= 0.6 is 0 Å². The average Bonchev–Trinajstić information content (AvgIpc) is 2.94. The molecule has 0 saturated heterocycles. The molecule has 0 radical (unpaired) electrons. The van der Waals surface area contributed by atoms with Crippen LogP contribution < -0.4 is 10.6 Å². The molecule has 6 atom stereocenters. The Labute approximate surface area is 249 Å². The molecule has 0 spiro atoms. The number of aromatic hydroxyl groups is 1. The number of amides is 1. The second-order valence-corrected chi connectivity index (χ2v) is 12.6. The van der Waals surface area contributed by atoms with Crippen molar-refractivity contribution in [3.63, 3.8) is 0 Å². The summed E-state index contributed by atoms with van der Waals surface area (Å²) in [7, 11) is 6.55. The van der Waals surface area contributed by atoms with Crippen molar-refractivity contribution in [3.8, 4) is 5.75 Å². The molecule has 0 bridgehead atoms. The molecule has 4 aliphatic rings. The van der Waals surface area contributed by atoms with Crippen LogP contribution in [0.25, 0.3) is 5.76 Å². The first-order valence-electron chi connectivity index (χ1n) is 14.5. The fourth-order valence-corrected chi connectivity index (χ4v) is 7.75. The van der Waals surface area contributed by atoms with Gasteiger partial charge in [-0.25, -0.2) is 0 Å². The summed E-state index contributed by atoms with van der Waals surface area (Å²) in [5, 5.41) is 46.1. The number of primary amides is 1. The number of carbonyl (C=O) groups excluding carboxylic acids is 4. The van der Waals surface area contributed by atoms with Gasteiger partial charge in [-0.3, -0.25) is 24.1 Å². The van der Waals surface area contributed by atoms with Gasteiger partial charge < -0.3 is 35.8 Å². The number of benzene rings is 1. The average molecular weight is 598 g/mol. The molecule has 1 amide bonds. The quantitative estimate of drug-likeness (QED) is 0.245. The van der Waals surface area contributed by atoms with Crippen molar-refractivity contribution in [2.24, 2.45) is 23.5 Å². The first-order valence-corrected chi connectivity index (χ1v) is 14.5. The van der Waals surface area contributed by atoms with E-state index >= 15 is 0 Å². The van der Waals surface area contributed by atoms with E-state index in [0.717, 1.165) is 19.3 Å². The predicted octanol–water partition coefficient (Wildman–Crippen LogP) is 1.69. The second-order valence-electron chi connectivity index (χ2n) is 12.6. The highest BCUT2D eigenvalue weighted by Gasteiger charge is 2.69. The topological polar surface area (TPSA) is 191 Å². The molecule has 1 aromatic rings. The number of anilines is 1. The highest BCUT2D eigenvalue weighted by molar-refractivity contribution is 6.24. The minimum absolute atomic E-state index is 0.0349. The van der Waals surface area contributed by atoms with Crippen LogP contribution in [0, 0.1) is 17.8 Å². The first kappa shape index (κ1) is 30.6. The van der Waals surface area contributed by atoms with Crippen LogP contribution in [0.15, 0.2) is 29.0 Å². The number of esters is 1. The summed E-state index contributed by atoms with van der Waals surface area (Å²) >= 11 is 0. The van der Waals surface area contributed by atoms with Gasteiger partial charge in [0.15, 0.2) is 11.4 Å². The zero-order valence-corrected chi connectivity index (χ0v) is 25.0. The minimum Gasteiger partial charge on any atom is -0.508 e. The Kier molecular flexibility index (Phi) is 7.58. The Bertz CT molecular complexity index is 1470. The molecule has 43 heavy (non-hydrogen) atoms. The van der Waals surface area contributed by atoms with Gasteiger partial charge in [-0.15, -0.1) is 0 Å². The van der Waals surface area contributed by atoms with Gasteiger partial charge in [0.1, 0.15) is 28.9 Å². The number of ketones is 2. The second kappa shape index (κ2) is 10.7. The van der Waals surface area contributed by atoms with Crippen LogP contribution in [0.4, 0.5) is 5.69 Å². The van der Waals surface area contributed by atoms with E-state index in [-0.39, 0.29) is 16.9 Å². The molecule has 6 N–H and O–H groups in total. The normalized spacial score (nSPS) is 31.0. The van der Waals surface area contributed by atoms with E-state index in [4.69, 9.17) is 10.5 Å². The number of Topliss-reactive ketones (excluding diaryl/α,β-unsaturated/α-hetero) is 2. The predicted molar refractivity (Wildman–Crippen MR) is 155 cm³/mol. The zero-order chi connectivity index (χ0) is 31.7. The van der Waals surface area contributed by atoms with Gasteiger partial charge in [-0.1, -0.05) is 26.2 Å². The standard InChI is InChI=1S/C31H39N3O9/c1-13-17-15(33(2)3)11-12-16(35)19(17)24(36)20-18(13)26(43-30(41)14-9-7-6-8-10-14)22-23(34(4)5)25(37)21(29(32)40)28(39)31(22,42)27(20)38/h11-14,18,22-23,26,35-36,39,42H,6-10H2,1-5H3,(H2,32,40)/t13-,18+,22+,23-,26-,31-/m1/s1. The third-order valence-electron chi connectivity index (χ3n) is 9.73. The number of phenols is 1. The molecule has 0 aliphatic heterocycles. The van der Waals surface area contributed by atoms with Gasteiger partial charge in [0, 0.05) is 31.3 Å². The van der Waals surface area contributed by atoms with E-state index in [1.54, 1.807) is 32.0 Å². The van der Waals surface area contributed by atoms with Gasteiger partial charge in [0.05, 0.1) is 23.4 Å². The third kappa shape index (κ3) is 4.33. The maximum Gasteiger partial charge on any atom is 0.309 e. The number of hydrogen-bond donors (Lipinski definition) is 5. The molecule has 232 valence electrons. The van der Waals surface area contributed by atoms with Crippen LogP contribution in [-0.4, -0.2) is 94.7 Å². The lowest BCUT2D eigenvalue weighted by Crippen LogP contribution is -2.71. The van der Waals surface area contributed by atoms with Crippen molar-refractivity contribution in [1.29, 1.82) is 0 Å². The number of likely N-dealkylation sites (N-methyl/N-ethyl adjacent to an activating group) is 1. The maximum atomic E-state index is 14.4. The van der Waals surface area contributed by atoms with Crippen LogP contribution in [0.5, 0.6) is 5.75 Å². The summed E-state index contributed by atoms with van der Waals surface area (Å²) in [6, 6.07) is 1.62. The Morgan fingerprint density at radius 3 is 2.21 bits per heavy atom. The number of phenolic OH excluding ortho intramolecular Hbond substituents is 1. The third-order valence-corrected chi connectivity index (χ3v) is 9.73. The van der Waals surface area contributed by atoms with E-state index in [2.05, 4.69) is 0 Å². The SMILES string of the molecule is C[C@@H]1c2c(N(C)C)ccc(O)c2C(O)=C2C(=O)[C@@]3(O)C(O)=C(C(N)=O)C(=O)[C@H](N(C)C)[C@H]3[C@H](OC(=O)C3CCCCC3)[C@H]21. The van der Waals surface area contributed by atoms with Gasteiger partial charge >= 0.3 is 5.97 Å². The maximum absolute atomic E-state index is 14.4. The van der Waals surface area contributed by atoms with Crippen LogP contribution in [0.3, 0.4) is 0 Å². The molecule has 2 saturated carbocycles. The highest BCUT2D eigenvalue weighted by Crippen LogP contribution is 2.58. The van der Waals surface area contributed by atoms with Crippen LogP contribution in [-0.2, 0) is 23.9 Å². The van der Waals surface area contributed by atoms with E-state index in [1.807, 2.05) is 0 Å². The van der Waals surface area contributed by atoms with Crippen molar-refractivity contribution < 1.29 is 44.3 Å². The molecule has 0 heterocycles. The number of fused-ring (bicyclic) bond motifs is 3. The molecule has 0 aromatic heterocycles. The smallest absolute Gasteiger partial charge is 0.309 e. The van der Waals surface area contributed by atoms with E-state index in [9.17, 15) is 39.6 Å². The fourth-order valence-electron chi connectivity index (χ4n) is 7.75. The molecular formula is C31H39N3O9. The van der Waals surface area contributed by atoms with Gasteiger partial charge in [-0.05, 0) is 50.6 Å². The number of nitrogens with zero attached hydrogens (tertiary/aromatic N) is 2. The number of ether oxygens (including phenoxy) is 1. The minimum atomic E-state index is -2.96. The number of aliphatic hydroxyl groups is 3. The summed E-state index contributed by atoms with van der Waals surface area (Å²) < 4.78 is 6.22. The summed E-state index contributed by atoms with van der Waals surface area (Å²) in [6.45, 7) is 1.75. The Morgan fingerprint density at radius 2 is 1.65 bits per heavy atom. The summed E-state index contributed by atoms with van der Waals surface area (Å²) in [5.41, 5.74) is 2.24. The summed E-state index contributed by atoms with van der Waals surface area (Å²) in [6.07, 6.45) is 2.38. The molecule has 12 nitrogen and oxygen atoms in total. The molecule has 0 unspecified atom stereocenters. The van der Waals surface area contributed by atoms with Crippen molar-refractivity contribution in [2.45, 2.75) is 62.7 Å². The molecule has 12 heteroatoms. The molecular weight excluding hydrogens is 558 g/mol. The van der Waals surface area contributed by atoms with Crippen LogP contribution in [0.2, 0.25) is 0 Å².